The molecule has 2 bridgehead atoms. The number of amides is 1. The fourth-order valence-electron chi connectivity index (χ4n) is 4.24. The van der Waals surface area contributed by atoms with Crippen molar-refractivity contribution in [1.82, 2.24) is 4.90 Å². The first-order chi connectivity index (χ1) is 8.70. The third-order valence-corrected chi connectivity index (χ3v) is 5.29. The van der Waals surface area contributed by atoms with Crippen molar-refractivity contribution in [3.8, 4) is 0 Å². The maximum absolute atomic E-state index is 12.7. The lowest BCUT2D eigenvalue weighted by atomic mass is 9.83. The SMILES string of the molecule is COC1CCCN(C(=O)C2C3CCC(C3)C2N)C1. The molecule has 0 radical (unpaired) electrons. The Labute approximate surface area is 109 Å². The summed E-state index contributed by atoms with van der Waals surface area (Å²) in [6, 6.07) is 0.110. The monoisotopic (exact) mass is 252 g/mol. The number of piperidine rings is 1. The molecule has 0 aromatic rings. The first kappa shape index (κ1) is 12.4. The number of hydrogen-bond acceptors (Lipinski definition) is 3. The van der Waals surface area contributed by atoms with Gasteiger partial charge in [0.2, 0.25) is 5.91 Å². The number of hydrogen-bond donors (Lipinski definition) is 1. The van der Waals surface area contributed by atoms with Crippen molar-refractivity contribution in [1.29, 1.82) is 0 Å². The Hall–Kier alpha value is -0.610. The van der Waals surface area contributed by atoms with Crippen LogP contribution in [0.3, 0.4) is 0 Å². The van der Waals surface area contributed by atoms with Gasteiger partial charge in [0.25, 0.3) is 0 Å². The van der Waals surface area contributed by atoms with E-state index in [2.05, 4.69) is 0 Å². The van der Waals surface area contributed by atoms with Crippen LogP contribution in [-0.2, 0) is 9.53 Å². The van der Waals surface area contributed by atoms with E-state index in [-0.39, 0.29) is 18.1 Å². The first-order valence-electron chi connectivity index (χ1n) is 7.28. The van der Waals surface area contributed by atoms with Crippen molar-refractivity contribution in [2.24, 2.45) is 23.5 Å². The molecule has 102 valence electrons. The molecule has 4 heteroatoms. The van der Waals surface area contributed by atoms with Crippen molar-refractivity contribution < 1.29 is 9.53 Å². The second kappa shape index (κ2) is 4.82. The molecule has 2 aliphatic carbocycles. The number of carbonyl (C=O) groups is 1. The lowest BCUT2D eigenvalue weighted by Gasteiger charge is -2.37. The van der Waals surface area contributed by atoms with Crippen LogP contribution in [0.5, 0.6) is 0 Å². The van der Waals surface area contributed by atoms with Crippen LogP contribution in [0.2, 0.25) is 0 Å². The fourth-order valence-corrected chi connectivity index (χ4v) is 4.24. The maximum Gasteiger partial charge on any atom is 0.227 e. The highest BCUT2D eigenvalue weighted by atomic mass is 16.5. The van der Waals surface area contributed by atoms with Gasteiger partial charge < -0.3 is 15.4 Å². The molecule has 0 aromatic carbocycles. The van der Waals surface area contributed by atoms with Gasteiger partial charge >= 0.3 is 0 Å². The predicted octanol–water partition coefficient (Wildman–Crippen LogP) is 0.997. The normalized spacial score (nSPS) is 43.4. The van der Waals surface area contributed by atoms with Crippen LogP contribution in [0.25, 0.3) is 0 Å². The number of carbonyl (C=O) groups excluding carboxylic acids is 1. The lowest BCUT2D eigenvalue weighted by molar-refractivity contribution is -0.141. The molecular weight excluding hydrogens is 228 g/mol. The van der Waals surface area contributed by atoms with E-state index in [9.17, 15) is 4.79 Å². The van der Waals surface area contributed by atoms with E-state index in [4.69, 9.17) is 10.5 Å². The van der Waals surface area contributed by atoms with E-state index in [1.165, 1.54) is 19.3 Å². The Bertz CT molecular complexity index is 332. The van der Waals surface area contributed by atoms with Gasteiger partial charge in [0.15, 0.2) is 0 Å². The number of nitrogens with two attached hydrogens (primary N) is 1. The van der Waals surface area contributed by atoms with Crippen LogP contribution < -0.4 is 5.73 Å². The minimum absolute atomic E-state index is 0.0966. The molecule has 2 N–H and O–H groups in total. The van der Waals surface area contributed by atoms with E-state index >= 15 is 0 Å². The van der Waals surface area contributed by atoms with Gasteiger partial charge in [-0.15, -0.1) is 0 Å². The van der Waals surface area contributed by atoms with Gasteiger partial charge in [-0.2, -0.15) is 0 Å². The van der Waals surface area contributed by atoms with Gasteiger partial charge in [-0.1, -0.05) is 0 Å². The number of likely N-dealkylation sites (tertiary alicyclic amines) is 1. The molecule has 4 nitrogen and oxygen atoms in total. The second-order valence-corrected chi connectivity index (χ2v) is 6.22. The summed E-state index contributed by atoms with van der Waals surface area (Å²) in [5.41, 5.74) is 6.26. The highest BCUT2D eigenvalue weighted by Crippen LogP contribution is 2.48. The molecule has 3 fully saturated rings. The van der Waals surface area contributed by atoms with Crippen LogP contribution in [0.1, 0.15) is 32.1 Å². The van der Waals surface area contributed by atoms with Crippen LogP contribution in [0.15, 0.2) is 0 Å². The summed E-state index contributed by atoms with van der Waals surface area (Å²) in [5, 5.41) is 0. The number of ether oxygens (including phenoxy) is 1. The Kier molecular flexibility index (Phi) is 3.32. The van der Waals surface area contributed by atoms with Gasteiger partial charge in [0.1, 0.15) is 0 Å². The third-order valence-electron chi connectivity index (χ3n) is 5.29. The van der Waals surface area contributed by atoms with E-state index in [0.29, 0.717) is 17.7 Å². The second-order valence-electron chi connectivity index (χ2n) is 6.22. The largest absolute Gasteiger partial charge is 0.380 e. The van der Waals surface area contributed by atoms with Crippen LogP contribution in [0, 0.1) is 17.8 Å². The molecule has 5 atom stereocenters. The summed E-state index contributed by atoms with van der Waals surface area (Å²) in [6.07, 6.45) is 5.97. The summed E-state index contributed by atoms with van der Waals surface area (Å²) in [7, 11) is 1.74. The third kappa shape index (κ3) is 1.95. The summed E-state index contributed by atoms with van der Waals surface area (Å²) in [4.78, 5) is 14.7. The molecule has 0 aromatic heterocycles. The molecule has 1 amide bonds. The zero-order valence-corrected chi connectivity index (χ0v) is 11.2. The van der Waals surface area contributed by atoms with Crippen molar-refractivity contribution >= 4 is 5.91 Å². The molecule has 5 unspecified atom stereocenters. The van der Waals surface area contributed by atoms with Crippen molar-refractivity contribution in [2.45, 2.75) is 44.2 Å². The van der Waals surface area contributed by atoms with E-state index in [1.54, 1.807) is 7.11 Å². The number of methoxy groups -OCH3 is 1. The van der Waals surface area contributed by atoms with Gasteiger partial charge in [0, 0.05) is 26.2 Å². The minimum Gasteiger partial charge on any atom is -0.380 e. The maximum atomic E-state index is 12.7. The summed E-state index contributed by atoms with van der Waals surface area (Å²) in [6.45, 7) is 1.65. The molecule has 1 saturated heterocycles. The Morgan fingerprint density at radius 3 is 2.72 bits per heavy atom. The zero-order valence-electron chi connectivity index (χ0n) is 11.2. The molecule has 1 aliphatic heterocycles. The lowest BCUT2D eigenvalue weighted by Crippen LogP contribution is -2.51. The topological polar surface area (TPSA) is 55.6 Å². The predicted molar refractivity (Wildman–Crippen MR) is 68.9 cm³/mol. The molecule has 0 spiro atoms. The fraction of sp³-hybridized carbons (Fsp3) is 0.929. The van der Waals surface area contributed by atoms with Gasteiger partial charge in [-0.25, -0.2) is 0 Å². The van der Waals surface area contributed by atoms with E-state index in [1.807, 2.05) is 4.90 Å². The summed E-state index contributed by atoms with van der Waals surface area (Å²) < 4.78 is 5.40. The van der Waals surface area contributed by atoms with Crippen molar-refractivity contribution in [3.05, 3.63) is 0 Å². The molecule has 3 aliphatic rings. The molecular formula is C14H24N2O2. The van der Waals surface area contributed by atoms with E-state index in [0.717, 1.165) is 25.9 Å². The van der Waals surface area contributed by atoms with Crippen LogP contribution in [0.4, 0.5) is 0 Å². The highest BCUT2D eigenvalue weighted by molar-refractivity contribution is 5.80. The van der Waals surface area contributed by atoms with Crippen molar-refractivity contribution in [3.63, 3.8) is 0 Å². The van der Waals surface area contributed by atoms with Crippen LogP contribution in [-0.4, -0.2) is 43.2 Å². The Balaban J connectivity index is 1.67. The smallest absolute Gasteiger partial charge is 0.227 e. The Morgan fingerprint density at radius 2 is 2.06 bits per heavy atom. The van der Waals surface area contributed by atoms with Gasteiger partial charge in [-0.3, -0.25) is 4.79 Å². The number of rotatable bonds is 2. The standard InChI is InChI=1S/C14H24N2O2/c1-18-11-3-2-6-16(8-11)14(17)12-9-4-5-10(7-9)13(12)15/h9-13H,2-8,15H2,1H3. The highest BCUT2D eigenvalue weighted by Gasteiger charge is 2.50. The summed E-state index contributed by atoms with van der Waals surface area (Å²) >= 11 is 0. The van der Waals surface area contributed by atoms with Crippen molar-refractivity contribution in [2.75, 3.05) is 20.2 Å². The molecule has 2 saturated carbocycles. The molecule has 18 heavy (non-hydrogen) atoms. The average molecular weight is 252 g/mol. The van der Waals surface area contributed by atoms with Gasteiger partial charge in [-0.05, 0) is 43.9 Å². The van der Waals surface area contributed by atoms with Gasteiger partial charge in [0.05, 0.1) is 12.0 Å². The van der Waals surface area contributed by atoms with E-state index < -0.39 is 0 Å². The molecule has 1 heterocycles. The number of fused-ring (bicyclic) bond motifs is 2. The quantitative estimate of drug-likeness (QED) is 0.797. The Morgan fingerprint density at radius 1 is 1.28 bits per heavy atom. The average Bonchev–Trinajstić information content (AvgIpc) is 2.99. The summed E-state index contributed by atoms with van der Waals surface area (Å²) in [5.74, 6) is 1.56. The molecule has 3 rings (SSSR count). The van der Waals surface area contributed by atoms with Crippen LogP contribution >= 0.6 is 0 Å². The first-order valence-corrected chi connectivity index (χ1v) is 7.28. The minimum atomic E-state index is 0.0966. The number of nitrogens with zero attached hydrogens (tertiary/aromatic N) is 1. The zero-order chi connectivity index (χ0) is 12.7.